The summed E-state index contributed by atoms with van der Waals surface area (Å²) in [6.07, 6.45) is 16.4. The summed E-state index contributed by atoms with van der Waals surface area (Å²) in [5.41, 5.74) is 0.709. The maximum absolute atomic E-state index is 5.88. The van der Waals surface area contributed by atoms with Gasteiger partial charge in [-0.05, 0) is 37.7 Å². The van der Waals surface area contributed by atoms with Gasteiger partial charge in [0.1, 0.15) is 0 Å². The second kappa shape index (κ2) is 7.22. The van der Waals surface area contributed by atoms with Crippen molar-refractivity contribution in [2.75, 3.05) is 7.11 Å². The molecule has 0 aromatic heterocycles. The van der Waals surface area contributed by atoms with Gasteiger partial charge in [0.25, 0.3) is 0 Å². The Kier molecular flexibility index (Phi) is 5.59. The summed E-state index contributed by atoms with van der Waals surface area (Å²) in [5, 5.41) is 0. The van der Waals surface area contributed by atoms with Crippen molar-refractivity contribution >= 4 is 9.28 Å². The summed E-state index contributed by atoms with van der Waals surface area (Å²) in [4.78, 5) is 0. The molecule has 2 aliphatic carbocycles. The van der Waals surface area contributed by atoms with Crippen LogP contribution in [0.2, 0.25) is 5.54 Å². The van der Waals surface area contributed by atoms with Crippen LogP contribution in [-0.2, 0) is 8.85 Å². The van der Waals surface area contributed by atoms with Crippen LogP contribution in [0.5, 0.6) is 0 Å². The van der Waals surface area contributed by atoms with Crippen molar-refractivity contribution in [3.63, 3.8) is 0 Å². The summed E-state index contributed by atoms with van der Waals surface area (Å²) in [7, 11) is 0.758. The van der Waals surface area contributed by atoms with E-state index in [0.717, 1.165) is 5.92 Å². The number of hydrogen-bond donors (Lipinski definition) is 0. The quantitative estimate of drug-likeness (QED) is 0.540. The van der Waals surface area contributed by atoms with Crippen molar-refractivity contribution in [3.8, 4) is 0 Å². The van der Waals surface area contributed by atoms with Crippen molar-refractivity contribution in [1.29, 1.82) is 0 Å². The predicted molar refractivity (Wildman–Crippen MR) is 71.8 cm³/mol. The third-order valence-electron chi connectivity index (χ3n) is 4.07. The first-order chi connectivity index (χ1) is 8.40. The minimum absolute atomic E-state index is 0.709. The summed E-state index contributed by atoms with van der Waals surface area (Å²) < 4.78 is 11.4. The zero-order valence-electron chi connectivity index (χ0n) is 11.0. The second-order valence-corrected chi connectivity index (χ2v) is 7.45. The standard InChI is InChI=1S/C14H25O2Si/c1-15-17(14-9-5-6-10-14)16-12-11-13-7-3-2-4-8-13/h11-14H,2-10H2,1H3. The molecule has 0 heterocycles. The molecule has 0 atom stereocenters. The van der Waals surface area contributed by atoms with Crippen LogP contribution in [0.1, 0.15) is 57.8 Å². The zero-order chi connectivity index (χ0) is 11.9. The van der Waals surface area contributed by atoms with Crippen molar-refractivity contribution in [2.24, 2.45) is 5.92 Å². The lowest BCUT2D eigenvalue weighted by Crippen LogP contribution is -2.24. The Bertz CT molecular complexity index is 230. The molecule has 97 valence electrons. The topological polar surface area (TPSA) is 18.5 Å². The van der Waals surface area contributed by atoms with Crippen LogP contribution >= 0.6 is 0 Å². The third kappa shape index (κ3) is 4.14. The fourth-order valence-electron chi connectivity index (χ4n) is 3.02. The molecule has 2 fully saturated rings. The lowest BCUT2D eigenvalue weighted by atomic mass is 9.89. The molecule has 1 radical (unpaired) electrons. The molecule has 0 aromatic rings. The average molecular weight is 253 g/mol. The van der Waals surface area contributed by atoms with E-state index in [1.165, 1.54) is 57.8 Å². The molecule has 2 aliphatic rings. The lowest BCUT2D eigenvalue weighted by Gasteiger charge is -2.19. The van der Waals surface area contributed by atoms with Crippen molar-refractivity contribution in [3.05, 3.63) is 12.3 Å². The molecule has 3 heteroatoms. The largest absolute Gasteiger partial charge is 0.525 e. The van der Waals surface area contributed by atoms with Crippen molar-refractivity contribution < 1.29 is 8.85 Å². The van der Waals surface area contributed by atoms with Gasteiger partial charge in [-0.2, -0.15) is 0 Å². The maximum atomic E-state index is 5.88. The van der Waals surface area contributed by atoms with Gasteiger partial charge in [-0.1, -0.05) is 32.1 Å². The van der Waals surface area contributed by atoms with Crippen molar-refractivity contribution in [2.45, 2.75) is 63.3 Å². The highest BCUT2D eigenvalue weighted by molar-refractivity contribution is 6.46. The normalized spacial score (nSPS) is 23.9. The van der Waals surface area contributed by atoms with Gasteiger partial charge >= 0.3 is 9.28 Å². The van der Waals surface area contributed by atoms with E-state index in [2.05, 4.69) is 6.08 Å². The van der Waals surface area contributed by atoms with Crippen LogP contribution in [0, 0.1) is 5.92 Å². The Morgan fingerprint density at radius 1 is 0.941 bits per heavy atom. The summed E-state index contributed by atoms with van der Waals surface area (Å²) in [6.45, 7) is 0. The van der Waals surface area contributed by atoms with E-state index in [0.29, 0.717) is 5.54 Å². The summed E-state index contributed by atoms with van der Waals surface area (Å²) >= 11 is 0. The van der Waals surface area contributed by atoms with Gasteiger partial charge in [0, 0.05) is 12.7 Å². The van der Waals surface area contributed by atoms with Gasteiger partial charge in [0.2, 0.25) is 0 Å². The van der Waals surface area contributed by atoms with Crippen LogP contribution in [0.4, 0.5) is 0 Å². The number of hydrogen-bond acceptors (Lipinski definition) is 2. The lowest BCUT2D eigenvalue weighted by molar-refractivity contribution is 0.289. The van der Waals surface area contributed by atoms with Gasteiger partial charge in [0.15, 0.2) is 0 Å². The van der Waals surface area contributed by atoms with Crippen LogP contribution in [0.25, 0.3) is 0 Å². The fraction of sp³-hybridized carbons (Fsp3) is 0.857. The first-order valence-electron chi connectivity index (χ1n) is 7.14. The van der Waals surface area contributed by atoms with E-state index in [1.807, 2.05) is 6.26 Å². The highest BCUT2D eigenvalue weighted by atomic mass is 28.3. The molecule has 17 heavy (non-hydrogen) atoms. The van der Waals surface area contributed by atoms with Crippen LogP contribution in [0.15, 0.2) is 12.3 Å². The number of rotatable bonds is 5. The molecule has 2 nitrogen and oxygen atoms in total. The van der Waals surface area contributed by atoms with E-state index in [9.17, 15) is 0 Å². The molecule has 0 saturated heterocycles. The minimum atomic E-state index is -1.05. The molecule has 0 aliphatic heterocycles. The Labute approximate surface area is 107 Å². The molecule has 2 rings (SSSR count). The third-order valence-corrected chi connectivity index (χ3v) is 6.09. The molecular formula is C14H25O2Si. The molecule has 0 amide bonds. The van der Waals surface area contributed by atoms with Crippen LogP contribution in [0.3, 0.4) is 0 Å². The first-order valence-corrected chi connectivity index (χ1v) is 8.53. The van der Waals surface area contributed by atoms with Gasteiger partial charge in [-0.3, -0.25) is 0 Å². The Balaban J connectivity index is 1.72. The predicted octanol–water partition coefficient (Wildman–Crippen LogP) is 4.18. The van der Waals surface area contributed by atoms with Gasteiger partial charge < -0.3 is 8.85 Å². The summed E-state index contributed by atoms with van der Waals surface area (Å²) in [6, 6.07) is 0. The van der Waals surface area contributed by atoms with Gasteiger partial charge in [-0.15, -0.1) is 0 Å². The molecular weight excluding hydrogens is 228 g/mol. The summed E-state index contributed by atoms with van der Waals surface area (Å²) in [5.74, 6) is 0.757. The molecule has 0 N–H and O–H groups in total. The SMILES string of the molecule is CO[Si](OC=CC1CCCCC1)C1CCCC1. The molecule has 0 unspecified atom stereocenters. The minimum Gasteiger partial charge on any atom is -0.525 e. The zero-order valence-corrected chi connectivity index (χ0v) is 12.0. The first kappa shape index (κ1) is 13.2. The highest BCUT2D eigenvalue weighted by Gasteiger charge is 2.31. The molecule has 0 aromatic carbocycles. The van der Waals surface area contributed by atoms with Gasteiger partial charge in [-0.25, -0.2) is 0 Å². The van der Waals surface area contributed by atoms with E-state index in [4.69, 9.17) is 8.85 Å². The van der Waals surface area contributed by atoms with Crippen LogP contribution in [-0.4, -0.2) is 16.4 Å². The van der Waals surface area contributed by atoms with E-state index in [-0.39, 0.29) is 0 Å². The smallest absolute Gasteiger partial charge is 0.460 e. The maximum Gasteiger partial charge on any atom is 0.460 e. The average Bonchev–Trinajstić information content (AvgIpc) is 2.90. The van der Waals surface area contributed by atoms with Crippen LogP contribution < -0.4 is 0 Å². The van der Waals surface area contributed by atoms with E-state index < -0.39 is 9.28 Å². The molecule has 0 spiro atoms. The highest BCUT2D eigenvalue weighted by Crippen LogP contribution is 2.33. The second-order valence-electron chi connectivity index (χ2n) is 5.35. The molecule has 2 saturated carbocycles. The van der Waals surface area contributed by atoms with E-state index >= 15 is 0 Å². The van der Waals surface area contributed by atoms with Crippen molar-refractivity contribution in [1.82, 2.24) is 0 Å². The Hall–Kier alpha value is -0.283. The monoisotopic (exact) mass is 253 g/mol. The number of allylic oxidation sites excluding steroid dienone is 1. The fourth-order valence-corrected chi connectivity index (χ4v) is 4.73. The molecule has 0 bridgehead atoms. The Morgan fingerprint density at radius 3 is 2.24 bits per heavy atom. The Morgan fingerprint density at radius 2 is 1.59 bits per heavy atom. The van der Waals surface area contributed by atoms with E-state index in [1.54, 1.807) is 7.11 Å². The van der Waals surface area contributed by atoms with Gasteiger partial charge in [0.05, 0.1) is 6.26 Å².